The molecule has 0 saturated carbocycles. The quantitative estimate of drug-likeness (QED) is 0.576. The summed E-state index contributed by atoms with van der Waals surface area (Å²) in [7, 11) is -3.81. The molecule has 0 unspecified atom stereocenters. The summed E-state index contributed by atoms with van der Waals surface area (Å²) in [4.78, 5) is 12.4. The number of nitrogens with one attached hydrogen (secondary N) is 1. The largest absolute Gasteiger partial charge is 0.416 e. The Morgan fingerprint density at radius 3 is 2.11 bits per heavy atom. The Morgan fingerprint density at radius 2 is 1.54 bits per heavy atom. The third-order valence-electron chi connectivity index (χ3n) is 3.66. The minimum atomic E-state index is -4.47. The molecule has 4 nitrogen and oxygen atoms in total. The molecule has 1 amide bonds. The normalized spacial score (nSPS) is 12.0. The van der Waals surface area contributed by atoms with E-state index in [2.05, 4.69) is 5.32 Å². The van der Waals surface area contributed by atoms with Crippen molar-refractivity contribution in [3.63, 3.8) is 0 Å². The molecule has 0 aliphatic carbocycles. The molecule has 1 aromatic heterocycles. The molecule has 0 aliphatic rings. The average Bonchev–Trinajstić information content (AvgIpc) is 3.13. The summed E-state index contributed by atoms with van der Waals surface area (Å²) < 4.78 is 62.9. The van der Waals surface area contributed by atoms with Crippen LogP contribution < -0.4 is 5.32 Å². The fourth-order valence-electron chi connectivity index (χ4n) is 2.25. The fraction of sp³-hybridized carbons (Fsp3) is 0.0556. The first-order chi connectivity index (χ1) is 13.1. The van der Waals surface area contributed by atoms with E-state index in [-0.39, 0.29) is 19.7 Å². The smallest absolute Gasteiger partial charge is 0.321 e. The van der Waals surface area contributed by atoms with Crippen LogP contribution in [0.4, 0.5) is 18.9 Å². The maximum absolute atomic E-state index is 12.6. The monoisotopic (exact) mass is 445 g/mol. The van der Waals surface area contributed by atoms with Crippen molar-refractivity contribution in [2.45, 2.75) is 15.3 Å². The number of anilines is 1. The van der Waals surface area contributed by atoms with E-state index in [1.54, 1.807) is 0 Å². The first-order valence-corrected chi connectivity index (χ1v) is 10.3. The molecular formula is C18H11ClF3NO3S2. The van der Waals surface area contributed by atoms with E-state index in [1.807, 2.05) is 0 Å². The summed E-state index contributed by atoms with van der Waals surface area (Å²) in [5, 5.41) is 2.83. The SMILES string of the molecule is O=C(Nc1ccc(C(F)(F)F)cc1)c1ccc(S(=O)(=O)c2ccc(Cl)cc2)s1. The van der Waals surface area contributed by atoms with Crippen LogP contribution in [0.5, 0.6) is 0 Å². The number of sulfone groups is 1. The van der Waals surface area contributed by atoms with E-state index in [0.29, 0.717) is 5.02 Å². The average molecular weight is 446 g/mol. The zero-order valence-electron chi connectivity index (χ0n) is 13.8. The molecule has 0 fully saturated rings. The van der Waals surface area contributed by atoms with Gasteiger partial charge in [-0.25, -0.2) is 8.42 Å². The highest BCUT2D eigenvalue weighted by molar-refractivity contribution is 7.93. The Bertz CT molecular complexity index is 1110. The van der Waals surface area contributed by atoms with Crippen LogP contribution in [0.3, 0.4) is 0 Å². The number of alkyl halides is 3. The number of halogens is 4. The lowest BCUT2D eigenvalue weighted by Crippen LogP contribution is -2.11. The maximum Gasteiger partial charge on any atom is 0.416 e. The molecular weight excluding hydrogens is 435 g/mol. The van der Waals surface area contributed by atoms with Crippen LogP contribution in [0.2, 0.25) is 5.02 Å². The molecule has 2 aromatic carbocycles. The number of carbonyl (C=O) groups excluding carboxylic acids is 1. The van der Waals surface area contributed by atoms with Gasteiger partial charge in [0.1, 0.15) is 4.21 Å². The fourth-order valence-corrected chi connectivity index (χ4v) is 4.98. The molecule has 0 aliphatic heterocycles. The van der Waals surface area contributed by atoms with Gasteiger partial charge in [0.05, 0.1) is 15.3 Å². The Balaban J connectivity index is 1.78. The molecule has 1 heterocycles. The lowest BCUT2D eigenvalue weighted by molar-refractivity contribution is -0.137. The van der Waals surface area contributed by atoms with Gasteiger partial charge in [-0.15, -0.1) is 11.3 Å². The van der Waals surface area contributed by atoms with Gasteiger partial charge in [0.2, 0.25) is 9.84 Å². The van der Waals surface area contributed by atoms with Gasteiger partial charge >= 0.3 is 6.18 Å². The minimum absolute atomic E-state index is 0.0348. The number of rotatable bonds is 4. The second kappa shape index (κ2) is 7.57. The maximum atomic E-state index is 12.6. The van der Waals surface area contributed by atoms with Crippen molar-refractivity contribution in [1.82, 2.24) is 0 Å². The summed E-state index contributed by atoms with van der Waals surface area (Å²) in [5.74, 6) is -0.623. The van der Waals surface area contributed by atoms with Gasteiger partial charge in [-0.05, 0) is 60.7 Å². The summed E-state index contributed by atoms with van der Waals surface area (Å²) in [5.41, 5.74) is -0.675. The van der Waals surface area contributed by atoms with Gasteiger partial charge in [0.15, 0.2) is 0 Å². The Hall–Kier alpha value is -2.36. The van der Waals surface area contributed by atoms with Crippen molar-refractivity contribution in [3.8, 4) is 0 Å². The second-order valence-electron chi connectivity index (χ2n) is 5.61. The molecule has 3 rings (SSSR count). The van der Waals surface area contributed by atoms with Crippen molar-refractivity contribution < 1.29 is 26.4 Å². The van der Waals surface area contributed by atoms with Crippen LogP contribution >= 0.6 is 22.9 Å². The van der Waals surface area contributed by atoms with Crippen molar-refractivity contribution in [2.75, 3.05) is 5.32 Å². The molecule has 10 heteroatoms. The highest BCUT2D eigenvalue weighted by Gasteiger charge is 2.30. The van der Waals surface area contributed by atoms with Crippen molar-refractivity contribution in [2.24, 2.45) is 0 Å². The molecule has 0 saturated heterocycles. The van der Waals surface area contributed by atoms with E-state index < -0.39 is 27.5 Å². The van der Waals surface area contributed by atoms with Crippen LogP contribution in [-0.2, 0) is 16.0 Å². The number of hydrogen-bond acceptors (Lipinski definition) is 4. The predicted molar refractivity (Wildman–Crippen MR) is 101 cm³/mol. The lowest BCUT2D eigenvalue weighted by Gasteiger charge is -2.08. The zero-order chi connectivity index (χ0) is 20.5. The highest BCUT2D eigenvalue weighted by atomic mass is 35.5. The van der Waals surface area contributed by atoms with Crippen LogP contribution in [0, 0.1) is 0 Å². The van der Waals surface area contributed by atoms with E-state index in [4.69, 9.17) is 11.6 Å². The van der Waals surface area contributed by atoms with Gasteiger partial charge in [-0.1, -0.05) is 11.6 Å². The second-order valence-corrected chi connectivity index (χ2v) is 9.30. The number of thiophene rings is 1. The van der Waals surface area contributed by atoms with E-state index in [9.17, 15) is 26.4 Å². The van der Waals surface area contributed by atoms with E-state index in [1.165, 1.54) is 36.4 Å². The third kappa shape index (κ3) is 4.37. The summed E-state index contributed by atoms with van der Waals surface area (Å²) in [6.07, 6.45) is -4.47. The first kappa shape index (κ1) is 20.4. The van der Waals surface area contributed by atoms with Crippen molar-refractivity contribution >= 4 is 44.4 Å². The van der Waals surface area contributed by atoms with Crippen LogP contribution in [0.1, 0.15) is 15.2 Å². The van der Waals surface area contributed by atoms with Crippen molar-refractivity contribution in [1.29, 1.82) is 0 Å². The van der Waals surface area contributed by atoms with Gasteiger partial charge in [-0.3, -0.25) is 4.79 Å². The van der Waals surface area contributed by atoms with Crippen LogP contribution in [-0.4, -0.2) is 14.3 Å². The zero-order valence-corrected chi connectivity index (χ0v) is 16.2. The van der Waals surface area contributed by atoms with Gasteiger partial charge in [0, 0.05) is 10.7 Å². The van der Waals surface area contributed by atoms with Crippen LogP contribution in [0.15, 0.2) is 69.8 Å². The van der Waals surface area contributed by atoms with E-state index >= 15 is 0 Å². The lowest BCUT2D eigenvalue weighted by atomic mass is 10.2. The number of hydrogen-bond donors (Lipinski definition) is 1. The minimum Gasteiger partial charge on any atom is -0.321 e. The highest BCUT2D eigenvalue weighted by Crippen LogP contribution is 2.31. The summed E-state index contributed by atoms with van der Waals surface area (Å²) >= 11 is 6.52. The summed E-state index contributed by atoms with van der Waals surface area (Å²) in [6.45, 7) is 0. The van der Waals surface area contributed by atoms with Gasteiger partial charge in [0.25, 0.3) is 5.91 Å². The molecule has 0 atom stereocenters. The topological polar surface area (TPSA) is 63.2 Å². The van der Waals surface area contributed by atoms with E-state index in [0.717, 1.165) is 35.6 Å². The standard InChI is InChI=1S/C18H11ClF3NO3S2/c19-12-3-7-14(8-4-12)28(25,26)16-10-9-15(27-16)17(24)23-13-5-1-11(2-6-13)18(20,21)22/h1-10H,(H,23,24). The van der Waals surface area contributed by atoms with Gasteiger partial charge in [-0.2, -0.15) is 13.2 Å². The number of benzene rings is 2. The molecule has 0 spiro atoms. The Labute approximate surface area is 167 Å². The summed E-state index contributed by atoms with van der Waals surface area (Å²) in [6, 6.07) is 12.2. The molecule has 0 radical (unpaired) electrons. The molecule has 146 valence electrons. The Kier molecular flexibility index (Phi) is 5.51. The first-order valence-electron chi connectivity index (χ1n) is 7.66. The predicted octanol–water partition coefficient (Wildman–Crippen LogP) is 5.51. The molecule has 0 bridgehead atoms. The third-order valence-corrected chi connectivity index (χ3v) is 7.26. The van der Waals surface area contributed by atoms with Gasteiger partial charge < -0.3 is 5.32 Å². The number of carbonyl (C=O) groups is 1. The number of amides is 1. The molecule has 28 heavy (non-hydrogen) atoms. The van der Waals surface area contributed by atoms with Crippen LogP contribution in [0.25, 0.3) is 0 Å². The molecule has 1 N–H and O–H groups in total. The molecule has 3 aromatic rings. The Morgan fingerprint density at radius 1 is 0.929 bits per heavy atom. The van der Waals surface area contributed by atoms with Crippen molar-refractivity contribution in [3.05, 3.63) is 76.1 Å².